The third-order valence-corrected chi connectivity index (χ3v) is 0.368. The van der Waals surface area contributed by atoms with E-state index in [1.54, 1.807) is 0 Å². The molecule has 0 unspecified atom stereocenters. The van der Waals surface area contributed by atoms with E-state index in [-0.39, 0.29) is 17.4 Å². The molecule has 2 N–H and O–H groups in total. The van der Waals surface area contributed by atoms with Crippen molar-refractivity contribution >= 4 is 11.9 Å². The molecule has 0 spiro atoms. The Morgan fingerprint density at radius 3 is 1.33 bits per heavy atom. The smallest absolute Gasteiger partial charge is 0.328 e. The van der Waals surface area contributed by atoms with Crippen molar-refractivity contribution in [1.82, 2.24) is 0 Å². The molecule has 50 valence electrons. The van der Waals surface area contributed by atoms with Crippen molar-refractivity contribution in [2.45, 2.75) is 0 Å². The van der Waals surface area contributed by atoms with E-state index in [1.165, 1.54) is 0 Å². The van der Waals surface area contributed by atoms with Gasteiger partial charge in [-0.05, 0) is 0 Å². The number of hydrogen-bond donors (Lipinski definition) is 2. The molecule has 4 nitrogen and oxygen atoms in total. The maximum absolute atomic E-state index is 9.55. The third-order valence-electron chi connectivity index (χ3n) is 0.368. The van der Waals surface area contributed by atoms with E-state index in [0.29, 0.717) is 12.2 Å². The van der Waals surface area contributed by atoms with Crippen LogP contribution in [0.5, 0.6) is 0 Å². The van der Waals surface area contributed by atoms with Crippen molar-refractivity contribution in [2.75, 3.05) is 0 Å². The van der Waals surface area contributed by atoms with E-state index >= 15 is 0 Å². The summed E-state index contributed by atoms with van der Waals surface area (Å²) in [6.07, 6.45) is 1.12. The summed E-state index contributed by atoms with van der Waals surface area (Å²) in [5.74, 6) is -2.51. The van der Waals surface area contributed by atoms with Gasteiger partial charge in [-0.25, -0.2) is 9.59 Å². The average Bonchev–Trinajstić information content (AvgIpc) is 1.61. The zero-order valence-corrected chi connectivity index (χ0v) is 5.55. The zero-order chi connectivity index (χ0) is 6.57. The Bertz CT molecular complexity index is 124. The molecule has 0 radical (unpaired) electrons. The Labute approximate surface area is 61.9 Å². The number of carbonyl (C=O) groups is 2. The minimum absolute atomic E-state index is 0. The van der Waals surface area contributed by atoms with Gasteiger partial charge in [0.1, 0.15) is 0 Å². The first-order valence-corrected chi connectivity index (χ1v) is 1.77. The largest absolute Gasteiger partial charge is 0.478 e. The molecule has 0 bridgehead atoms. The first-order chi connectivity index (χ1) is 3.63. The van der Waals surface area contributed by atoms with E-state index in [1.807, 2.05) is 0 Å². The number of rotatable bonds is 2. The van der Waals surface area contributed by atoms with Crippen LogP contribution >= 0.6 is 0 Å². The van der Waals surface area contributed by atoms with Crippen LogP contribution in [0, 0.1) is 0 Å². The molecule has 0 amide bonds. The van der Waals surface area contributed by atoms with E-state index < -0.39 is 11.9 Å². The minimum atomic E-state index is -1.26. The van der Waals surface area contributed by atoms with Crippen LogP contribution in [0.15, 0.2) is 12.2 Å². The SMILES string of the molecule is O=C(O)/C=C\C(=O)O.[Cr]. The van der Waals surface area contributed by atoms with Gasteiger partial charge in [-0.2, -0.15) is 0 Å². The number of carboxylic acid groups (broad SMARTS) is 2. The third kappa shape index (κ3) is 11.0. The fraction of sp³-hybridized carbons (Fsp3) is 0. The van der Waals surface area contributed by atoms with Crippen LogP contribution in [0.4, 0.5) is 0 Å². The molecule has 0 fully saturated rings. The Balaban J connectivity index is 0. The Morgan fingerprint density at radius 1 is 1.00 bits per heavy atom. The molecule has 0 aromatic heterocycles. The van der Waals surface area contributed by atoms with E-state index in [9.17, 15) is 9.59 Å². The quantitative estimate of drug-likeness (QED) is 0.555. The van der Waals surface area contributed by atoms with Gasteiger partial charge in [0.05, 0.1) is 0 Å². The second-order valence-electron chi connectivity index (χ2n) is 1.01. The van der Waals surface area contributed by atoms with Crippen molar-refractivity contribution in [2.24, 2.45) is 0 Å². The van der Waals surface area contributed by atoms with Gasteiger partial charge < -0.3 is 10.2 Å². The van der Waals surface area contributed by atoms with Gasteiger partial charge in [-0.3, -0.25) is 0 Å². The van der Waals surface area contributed by atoms with Crippen molar-refractivity contribution in [1.29, 1.82) is 0 Å². The summed E-state index contributed by atoms with van der Waals surface area (Å²) in [5.41, 5.74) is 0. The van der Waals surface area contributed by atoms with Gasteiger partial charge in [0.15, 0.2) is 0 Å². The van der Waals surface area contributed by atoms with Gasteiger partial charge in [-0.1, -0.05) is 0 Å². The van der Waals surface area contributed by atoms with Crippen molar-refractivity contribution in [3.8, 4) is 0 Å². The summed E-state index contributed by atoms with van der Waals surface area (Å²) >= 11 is 0. The number of aliphatic carboxylic acids is 2. The summed E-state index contributed by atoms with van der Waals surface area (Å²) < 4.78 is 0. The van der Waals surface area contributed by atoms with Crippen LogP contribution in [0.3, 0.4) is 0 Å². The average molecular weight is 168 g/mol. The summed E-state index contributed by atoms with van der Waals surface area (Å²) in [6, 6.07) is 0. The van der Waals surface area contributed by atoms with Crippen molar-refractivity contribution < 1.29 is 37.2 Å². The molecule has 0 aliphatic heterocycles. The van der Waals surface area contributed by atoms with Crippen LogP contribution in [0.25, 0.3) is 0 Å². The maximum Gasteiger partial charge on any atom is 0.328 e. The second kappa shape index (κ2) is 5.35. The zero-order valence-electron chi connectivity index (χ0n) is 4.27. The summed E-state index contributed by atoms with van der Waals surface area (Å²) in [7, 11) is 0. The van der Waals surface area contributed by atoms with E-state index in [4.69, 9.17) is 10.2 Å². The second-order valence-corrected chi connectivity index (χ2v) is 1.01. The van der Waals surface area contributed by atoms with Gasteiger partial charge >= 0.3 is 11.9 Å². The van der Waals surface area contributed by atoms with Gasteiger partial charge in [-0.15, -0.1) is 0 Å². The molecule has 9 heavy (non-hydrogen) atoms. The molecule has 0 saturated heterocycles. The Hall–Kier alpha value is -0.788. The van der Waals surface area contributed by atoms with Gasteiger partial charge in [0, 0.05) is 29.5 Å². The molecule has 0 aliphatic rings. The molecule has 0 saturated carbocycles. The van der Waals surface area contributed by atoms with Crippen molar-refractivity contribution in [3.63, 3.8) is 0 Å². The van der Waals surface area contributed by atoms with Gasteiger partial charge in [0.25, 0.3) is 0 Å². The Kier molecular flexibility index (Phi) is 6.58. The normalized spacial score (nSPS) is 8.44. The van der Waals surface area contributed by atoms with Crippen LogP contribution in [-0.2, 0) is 27.0 Å². The molecule has 5 heteroatoms. The first kappa shape index (κ1) is 11.1. The molecule has 0 aromatic rings. The summed E-state index contributed by atoms with van der Waals surface area (Å²) in [5, 5.41) is 15.6. The topological polar surface area (TPSA) is 74.6 Å². The summed E-state index contributed by atoms with van der Waals surface area (Å²) in [4.78, 5) is 19.1. The van der Waals surface area contributed by atoms with E-state index in [0.717, 1.165) is 0 Å². The van der Waals surface area contributed by atoms with E-state index in [2.05, 4.69) is 0 Å². The fourth-order valence-corrected chi connectivity index (χ4v) is 0.143. The summed E-state index contributed by atoms with van der Waals surface area (Å²) in [6.45, 7) is 0. The first-order valence-electron chi connectivity index (χ1n) is 1.77. The standard InChI is InChI=1S/C4H4O4.Cr/c5-3(6)1-2-4(7)8;/h1-2H,(H,5,6)(H,7,8);/b2-1-;. The van der Waals surface area contributed by atoms with Crippen LogP contribution < -0.4 is 0 Å². The number of hydrogen-bond acceptors (Lipinski definition) is 2. The Morgan fingerprint density at radius 2 is 1.22 bits per heavy atom. The van der Waals surface area contributed by atoms with Gasteiger partial charge in [0.2, 0.25) is 0 Å². The fourth-order valence-electron chi connectivity index (χ4n) is 0.143. The predicted octanol–water partition coefficient (Wildman–Crippen LogP) is -0.291. The van der Waals surface area contributed by atoms with Crippen LogP contribution in [-0.4, -0.2) is 22.2 Å². The molecule has 0 atom stereocenters. The van der Waals surface area contributed by atoms with Crippen molar-refractivity contribution in [3.05, 3.63) is 12.2 Å². The minimum Gasteiger partial charge on any atom is -0.478 e. The number of carboxylic acids is 2. The molecular weight excluding hydrogens is 164 g/mol. The molecular formula is C4H4CrO4. The molecule has 0 aliphatic carbocycles. The predicted molar refractivity (Wildman–Crippen MR) is 24.4 cm³/mol. The van der Waals surface area contributed by atoms with Crippen LogP contribution in [0.1, 0.15) is 0 Å². The molecule has 0 aromatic carbocycles. The molecule has 0 rings (SSSR count). The molecule has 0 heterocycles. The van der Waals surface area contributed by atoms with Crippen LogP contribution in [0.2, 0.25) is 0 Å². The monoisotopic (exact) mass is 168 g/mol. The maximum atomic E-state index is 9.55.